The van der Waals surface area contributed by atoms with Crippen LogP contribution in [0.25, 0.3) is 0 Å². The molecule has 0 bridgehead atoms. The van der Waals surface area contributed by atoms with E-state index in [0.29, 0.717) is 12.0 Å². The summed E-state index contributed by atoms with van der Waals surface area (Å²) in [4.78, 5) is 35.9. The smallest absolute Gasteiger partial charge is 0.338 e. The zero-order valence-corrected chi connectivity index (χ0v) is 16.9. The van der Waals surface area contributed by atoms with Crippen molar-refractivity contribution < 1.29 is 32.3 Å². The molecule has 0 unspecified atom stereocenters. The van der Waals surface area contributed by atoms with Gasteiger partial charge in [0.05, 0.1) is 17.6 Å². The average molecular weight is 399 g/mol. The summed E-state index contributed by atoms with van der Waals surface area (Å²) in [5.41, 5.74) is 0.567. The molecular weight excluding hydrogens is 374 g/mol. The minimum Gasteiger partial charge on any atom is -0.467 e. The van der Waals surface area contributed by atoms with Crippen LogP contribution in [0.5, 0.6) is 0 Å². The van der Waals surface area contributed by atoms with Crippen molar-refractivity contribution in [2.45, 2.75) is 38.1 Å². The Kier molecular flexibility index (Phi) is 7.96. The van der Waals surface area contributed by atoms with Gasteiger partial charge in [-0.2, -0.15) is 0 Å². The molecule has 0 aromatic heterocycles. The number of amides is 1. The molecule has 9 heteroatoms. The molecule has 0 heterocycles. The molecule has 1 N–H and O–H groups in total. The number of nitrogens with one attached hydrogen (secondary N) is 1. The van der Waals surface area contributed by atoms with Gasteiger partial charge in [0.1, 0.15) is 6.04 Å². The van der Waals surface area contributed by atoms with Gasteiger partial charge in [0, 0.05) is 6.26 Å². The third-order valence-corrected chi connectivity index (χ3v) is 4.83. The number of carbonyl (C=O) groups excluding carboxylic acids is 3. The van der Waals surface area contributed by atoms with Gasteiger partial charge in [-0.05, 0) is 37.0 Å². The molecular formula is C18H25NO7S. The summed E-state index contributed by atoms with van der Waals surface area (Å²) in [5, 5.41) is 2.47. The van der Waals surface area contributed by atoms with Gasteiger partial charge in [0.2, 0.25) is 0 Å². The lowest BCUT2D eigenvalue weighted by Crippen LogP contribution is -2.44. The predicted molar refractivity (Wildman–Crippen MR) is 98.0 cm³/mol. The van der Waals surface area contributed by atoms with E-state index < -0.39 is 40.3 Å². The first-order valence-electron chi connectivity index (χ1n) is 8.30. The van der Waals surface area contributed by atoms with E-state index in [9.17, 15) is 22.8 Å². The van der Waals surface area contributed by atoms with Crippen LogP contribution in [0.15, 0.2) is 23.1 Å². The number of esters is 2. The highest BCUT2D eigenvalue weighted by Crippen LogP contribution is 2.16. The van der Waals surface area contributed by atoms with Crippen LogP contribution >= 0.6 is 0 Å². The van der Waals surface area contributed by atoms with Crippen molar-refractivity contribution in [3.63, 3.8) is 0 Å². The van der Waals surface area contributed by atoms with Crippen LogP contribution in [-0.2, 0) is 28.9 Å². The van der Waals surface area contributed by atoms with Gasteiger partial charge in [-0.1, -0.05) is 19.9 Å². The number of rotatable bonds is 8. The van der Waals surface area contributed by atoms with E-state index in [4.69, 9.17) is 4.74 Å². The zero-order valence-electron chi connectivity index (χ0n) is 16.1. The van der Waals surface area contributed by atoms with Crippen LogP contribution in [0.4, 0.5) is 0 Å². The van der Waals surface area contributed by atoms with E-state index in [1.807, 2.05) is 13.8 Å². The number of aryl methyl sites for hydroxylation is 1. The van der Waals surface area contributed by atoms with Gasteiger partial charge in [-0.25, -0.2) is 18.0 Å². The van der Waals surface area contributed by atoms with Gasteiger partial charge >= 0.3 is 11.9 Å². The molecule has 8 nitrogen and oxygen atoms in total. The first kappa shape index (κ1) is 22.6. The molecule has 0 fully saturated rings. The zero-order chi connectivity index (χ0) is 20.8. The number of benzene rings is 1. The summed E-state index contributed by atoms with van der Waals surface area (Å²) in [7, 11) is -2.26. The van der Waals surface area contributed by atoms with Crippen molar-refractivity contribution in [2.75, 3.05) is 20.0 Å². The quantitative estimate of drug-likeness (QED) is 0.654. The maximum Gasteiger partial charge on any atom is 0.338 e. The predicted octanol–water partition coefficient (Wildman–Crippen LogP) is 1.26. The van der Waals surface area contributed by atoms with E-state index >= 15 is 0 Å². The van der Waals surface area contributed by atoms with Gasteiger partial charge in [-0.3, -0.25) is 4.79 Å². The average Bonchev–Trinajstić information content (AvgIpc) is 2.57. The summed E-state index contributed by atoms with van der Waals surface area (Å²) in [5.74, 6) is -1.93. The highest BCUT2D eigenvalue weighted by molar-refractivity contribution is 7.90. The van der Waals surface area contributed by atoms with E-state index in [1.54, 1.807) is 6.92 Å². The fourth-order valence-corrected chi connectivity index (χ4v) is 2.97. The first-order valence-corrected chi connectivity index (χ1v) is 10.2. The van der Waals surface area contributed by atoms with Crippen molar-refractivity contribution in [1.82, 2.24) is 5.32 Å². The normalized spacial score (nSPS) is 12.4. The van der Waals surface area contributed by atoms with Gasteiger partial charge in [0.25, 0.3) is 5.91 Å². The van der Waals surface area contributed by atoms with Crippen molar-refractivity contribution in [3.8, 4) is 0 Å². The molecule has 0 aliphatic rings. The minimum atomic E-state index is -3.49. The Labute approximate surface area is 159 Å². The number of methoxy groups -OCH3 is 1. The van der Waals surface area contributed by atoms with Gasteiger partial charge in [-0.15, -0.1) is 0 Å². The SMILES string of the molecule is COC(=O)[C@@H](CC(C)C)NC(=O)COC(=O)c1cc(S(C)(=O)=O)ccc1C. The third kappa shape index (κ3) is 7.01. The van der Waals surface area contributed by atoms with Crippen molar-refractivity contribution in [2.24, 2.45) is 5.92 Å². The topological polar surface area (TPSA) is 116 Å². The van der Waals surface area contributed by atoms with Crippen LogP contribution in [-0.4, -0.2) is 52.3 Å². The molecule has 1 aromatic carbocycles. The van der Waals surface area contributed by atoms with Crippen molar-refractivity contribution >= 4 is 27.7 Å². The summed E-state index contributed by atoms with van der Waals surface area (Å²) in [6, 6.07) is 3.25. The van der Waals surface area contributed by atoms with E-state index in [1.165, 1.54) is 25.3 Å². The second kappa shape index (κ2) is 9.50. The number of hydrogen-bond donors (Lipinski definition) is 1. The molecule has 0 aliphatic heterocycles. The Morgan fingerprint density at radius 2 is 1.81 bits per heavy atom. The summed E-state index contributed by atoms with van der Waals surface area (Å²) in [6.07, 6.45) is 1.41. The molecule has 0 radical (unpaired) electrons. The first-order chi connectivity index (χ1) is 12.5. The lowest BCUT2D eigenvalue weighted by molar-refractivity contribution is -0.145. The monoisotopic (exact) mass is 399 g/mol. The molecule has 1 amide bonds. The lowest BCUT2D eigenvalue weighted by Gasteiger charge is -2.18. The molecule has 27 heavy (non-hydrogen) atoms. The second-order valence-electron chi connectivity index (χ2n) is 6.60. The molecule has 150 valence electrons. The highest BCUT2D eigenvalue weighted by Gasteiger charge is 2.23. The Morgan fingerprint density at radius 3 is 2.33 bits per heavy atom. The third-order valence-electron chi connectivity index (χ3n) is 3.72. The fourth-order valence-electron chi connectivity index (χ4n) is 2.32. The number of sulfone groups is 1. The van der Waals surface area contributed by atoms with Crippen LogP contribution in [0.1, 0.15) is 36.2 Å². The maximum absolute atomic E-state index is 12.2. The molecule has 1 atom stereocenters. The molecule has 1 rings (SSSR count). The number of carbonyl (C=O) groups is 3. The molecule has 0 saturated carbocycles. The van der Waals surface area contributed by atoms with Crippen LogP contribution in [0, 0.1) is 12.8 Å². The maximum atomic E-state index is 12.2. The summed E-state index contributed by atoms with van der Waals surface area (Å²) >= 11 is 0. The van der Waals surface area contributed by atoms with Gasteiger partial charge in [0.15, 0.2) is 16.4 Å². The standard InChI is InChI=1S/C18H25NO7S/c1-11(2)8-15(18(22)25-4)19-16(20)10-26-17(21)14-9-13(27(5,23)24)7-6-12(14)3/h6-7,9,11,15H,8,10H2,1-5H3,(H,19,20)/t15-/m1/s1. The Hall–Kier alpha value is -2.42. The Balaban J connectivity index is 2.78. The van der Waals surface area contributed by atoms with E-state index in [-0.39, 0.29) is 16.4 Å². The molecule has 1 aromatic rings. The lowest BCUT2D eigenvalue weighted by atomic mass is 10.0. The van der Waals surface area contributed by atoms with E-state index in [0.717, 1.165) is 6.26 Å². The minimum absolute atomic E-state index is 0.0211. The molecule has 0 aliphatic carbocycles. The summed E-state index contributed by atoms with van der Waals surface area (Å²) in [6.45, 7) is 4.80. The Bertz CT molecular complexity index is 815. The van der Waals surface area contributed by atoms with Crippen LogP contribution < -0.4 is 5.32 Å². The highest BCUT2D eigenvalue weighted by atomic mass is 32.2. The van der Waals surface area contributed by atoms with Crippen molar-refractivity contribution in [3.05, 3.63) is 29.3 Å². The molecule has 0 saturated heterocycles. The molecule has 0 spiro atoms. The van der Waals surface area contributed by atoms with Crippen molar-refractivity contribution in [1.29, 1.82) is 0 Å². The van der Waals surface area contributed by atoms with Gasteiger partial charge < -0.3 is 14.8 Å². The fraction of sp³-hybridized carbons (Fsp3) is 0.500. The van der Waals surface area contributed by atoms with Crippen LogP contribution in [0.3, 0.4) is 0 Å². The number of hydrogen-bond acceptors (Lipinski definition) is 7. The number of ether oxygens (including phenoxy) is 2. The summed E-state index contributed by atoms with van der Waals surface area (Å²) < 4.78 is 32.9. The second-order valence-corrected chi connectivity index (χ2v) is 8.61. The Morgan fingerprint density at radius 1 is 1.19 bits per heavy atom. The van der Waals surface area contributed by atoms with Crippen LogP contribution in [0.2, 0.25) is 0 Å². The largest absolute Gasteiger partial charge is 0.467 e. The van der Waals surface area contributed by atoms with E-state index in [2.05, 4.69) is 10.1 Å².